The lowest BCUT2D eigenvalue weighted by atomic mass is 9.95. The monoisotopic (exact) mass is 310 g/mol. The minimum absolute atomic E-state index is 0.0154. The van der Waals surface area contributed by atoms with Gasteiger partial charge in [0, 0.05) is 39.6 Å². The lowest BCUT2D eigenvalue weighted by molar-refractivity contribution is -0.0689. The summed E-state index contributed by atoms with van der Waals surface area (Å²) >= 11 is 0. The molecule has 2 rings (SSSR count). The second-order valence-corrected chi connectivity index (χ2v) is 7.22. The summed E-state index contributed by atoms with van der Waals surface area (Å²) in [7, 11) is -2.40. The lowest BCUT2D eigenvalue weighted by Gasteiger charge is -2.35. The smallest absolute Gasteiger partial charge is 0.244 e. The number of rotatable bonds is 4. The standard InChI is InChI=1S/C14H18N2O4S/c1-16(11-14(17)6-8-20-9-7-14)21(18,19)13-5-3-2-4-12(13)10-15/h2-5,17H,6-9,11H2,1H3. The Hall–Kier alpha value is -1.46. The van der Waals surface area contributed by atoms with Crippen molar-refractivity contribution >= 4 is 10.0 Å². The summed E-state index contributed by atoms with van der Waals surface area (Å²) in [6.45, 7) is 0.816. The van der Waals surface area contributed by atoms with Crippen molar-refractivity contribution in [1.82, 2.24) is 4.31 Å². The van der Waals surface area contributed by atoms with Crippen LogP contribution in [0.1, 0.15) is 18.4 Å². The zero-order valence-electron chi connectivity index (χ0n) is 11.8. The summed E-state index contributed by atoms with van der Waals surface area (Å²) in [6.07, 6.45) is 0.791. The maximum Gasteiger partial charge on any atom is 0.244 e. The quantitative estimate of drug-likeness (QED) is 0.885. The molecule has 0 bridgehead atoms. The Morgan fingerprint density at radius 1 is 1.38 bits per heavy atom. The highest BCUT2D eigenvalue weighted by Crippen LogP contribution is 2.25. The minimum atomic E-state index is -3.81. The van der Waals surface area contributed by atoms with Crippen molar-refractivity contribution in [1.29, 1.82) is 5.26 Å². The molecule has 0 spiro atoms. The first-order chi connectivity index (χ1) is 9.89. The first-order valence-corrected chi connectivity index (χ1v) is 8.09. The minimum Gasteiger partial charge on any atom is -0.388 e. The van der Waals surface area contributed by atoms with E-state index in [4.69, 9.17) is 10.00 Å². The van der Waals surface area contributed by atoms with Crippen molar-refractivity contribution in [2.24, 2.45) is 0 Å². The molecular formula is C14H18N2O4S. The number of likely N-dealkylation sites (N-methyl/N-ethyl adjacent to an activating group) is 1. The predicted molar refractivity (Wildman–Crippen MR) is 76.0 cm³/mol. The zero-order chi connectivity index (χ0) is 15.5. The second kappa shape index (κ2) is 6.12. The molecule has 0 atom stereocenters. The molecule has 1 N–H and O–H groups in total. The van der Waals surface area contributed by atoms with Crippen LogP contribution in [0.4, 0.5) is 0 Å². The Labute approximate surface area is 124 Å². The molecule has 0 aliphatic carbocycles. The number of aliphatic hydroxyl groups is 1. The molecule has 0 amide bonds. The highest BCUT2D eigenvalue weighted by atomic mass is 32.2. The average molecular weight is 310 g/mol. The van der Waals surface area contributed by atoms with Gasteiger partial charge in [0.25, 0.3) is 0 Å². The largest absolute Gasteiger partial charge is 0.388 e. The van der Waals surface area contributed by atoms with Crippen molar-refractivity contribution in [3.05, 3.63) is 29.8 Å². The number of hydrogen-bond donors (Lipinski definition) is 1. The van der Waals surface area contributed by atoms with Crippen LogP contribution in [-0.2, 0) is 14.8 Å². The van der Waals surface area contributed by atoms with Crippen LogP contribution >= 0.6 is 0 Å². The summed E-state index contributed by atoms with van der Waals surface area (Å²) in [6, 6.07) is 7.93. The molecule has 1 aliphatic rings. The molecule has 0 radical (unpaired) electrons. The summed E-state index contributed by atoms with van der Waals surface area (Å²) in [4.78, 5) is -0.0364. The van der Waals surface area contributed by atoms with Gasteiger partial charge >= 0.3 is 0 Å². The van der Waals surface area contributed by atoms with Crippen LogP contribution < -0.4 is 0 Å². The Kier molecular flexibility index (Phi) is 4.64. The Morgan fingerprint density at radius 2 is 2.00 bits per heavy atom. The van der Waals surface area contributed by atoms with Crippen LogP contribution in [0.5, 0.6) is 0 Å². The van der Waals surface area contributed by atoms with E-state index < -0.39 is 15.6 Å². The average Bonchev–Trinajstić information content (AvgIpc) is 2.47. The molecule has 1 heterocycles. The van der Waals surface area contributed by atoms with Crippen LogP contribution in [-0.4, -0.2) is 50.2 Å². The highest BCUT2D eigenvalue weighted by Gasteiger charge is 2.35. The first-order valence-electron chi connectivity index (χ1n) is 6.65. The van der Waals surface area contributed by atoms with Crippen molar-refractivity contribution in [2.75, 3.05) is 26.8 Å². The van der Waals surface area contributed by atoms with E-state index in [1.54, 1.807) is 12.1 Å². The third-order valence-electron chi connectivity index (χ3n) is 3.64. The molecule has 0 aromatic heterocycles. The second-order valence-electron chi connectivity index (χ2n) is 5.21. The summed E-state index contributed by atoms with van der Waals surface area (Å²) in [5.41, 5.74) is -0.981. The van der Waals surface area contributed by atoms with Crippen molar-refractivity contribution in [2.45, 2.75) is 23.3 Å². The maximum absolute atomic E-state index is 12.6. The van der Waals surface area contributed by atoms with E-state index in [0.717, 1.165) is 4.31 Å². The van der Waals surface area contributed by atoms with Crippen molar-refractivity contribution in [3.8, 4) is 6.07 Å². The molecule has 6 nitrogen and oxygen atoms in total. The van der Waals surface area contributed by atoms with Crippen molar-refractivity contribution in [3.63, 3.8) is 0 Å². The molecule has 1 aromatic carbocycles. The van der Waals surface area contributed by atoms with Crippen LogP contribution in [0.3, 0.4) is 0 Å². The van der Waals surface area contributed by atoms with E-state index in [1.807, 2.05) is 6.07 Å². The van der Waals surface area contributed by atoms with Gasteiger partial charge in [-0.3, -0.25) is 0 Å². The maximum atomic E-state index is 12.6. The van der Waals surface area contributed by atoms with Gasteiger partial charge in [0.05, 0.1) is 16.1 Å². The van der Waals surface area contributed by atoms with Gasteiger partial charge in [0.15, 0.2) is 0 Å². The van der Waals surface area contributed by atoms with E-state index in [0.29, 0.717) is 26.1 Å². The van der Waals surface area contributed by atoms with Crippen LogP contribution in [0.25, 0.3) is 0 Å². The number of nitrogens with zero attached hydrogens (tertiary/aromatic N) is 2. The summed E-state index contributed by atoms with van der Waals surface area (Å²) < 4.78 is 31.4. The van der Waals surface area contributed by atoms with Gasteiger partial charge < -0.3 is 9.84 Å². The van der Waals surface area contributed by atoms with Crippen molar-refractivity contribution < 1.29 is 18.3 Å². The Bertz CT molecular complexity index is 645. The van der Waals surface area contributed by atoms with Gasteiger partial charge in [-0.25, -0.2) is 8.42 Å². The molecule has 21 heavy (non-hydrogen) atoms. The van der Waals surface area contributed by atoms with Gasteiger partial charge in [-0.05, 0) is 12.1 Å². The lowest BCUT2D eigenvalue weighted by Crippen LogP contribution is -2.47. The third-order valence-corrected chi connectivity index (χ3v) is 5.50. The number of hydrogen-bond acceptors (Lipinski definition) is 5. The first kappa shape index (κ1) is 15.9. The van der Waals surface area contributed by atoms with Crippen LogP contribution in [0.2, 0.25) is 0 Å². The topological polar surface area (TPSA) is 90.6 Å². The number of nitriles is 1. The van der Waals surface area contributed by atoms with E-state index in [9.17, 15) is 13.5 Å². The molecule has 1 saturated heterocycles. The number of sulfonamides is 1. The van der Waals surface area contributed by atoms with E-state index >= 15 is 0 Å². The van der Waals surface area contributed by atoms with Gasteiger partial charge in [0.1, 0.15) is 6.07 Å². The van der Waals surface area contributed by atoms with Gasteiger partial charge in [-0.2, -0.15) is 9.57 Å². The molecule has 1 fully saturated rings. The molecule has 0 saturated carbocycles. The third kappa shape index (κ3) is 3.41. The fourth-order valence-corrected chi connectivity index (χ4v) is 3.75. The number of benzene rings is 1. The fourth-order valence-electron chi connectivity index (χ4n) is 2.36. The fraction of sp³-hybridized carbons (Fsp3) is 0.500. The van der Waals surface area contributed by atoms with E-state index in [1.165, 1.54) is 19.2 Å². The molecule has 1 aliphatic heterocycles. The molecule has 114 valence electrons. The number of ether oxygens (including phenoxy) is 1. The van der Waals surface area contributed by atoms with E-state index in [2.05, 4.69) is 0 Å². The van der Waals surface area contributed by atoms with Gasteiger partial charge in [0.2, 0.25) is 10.0 Å². The Morgan fingerprint density at radius 3 is 2.62 bits per heavy atom. The van der Waals surface area contributed by atoms with E-state index in [-0.39, 0.29) is 17.0 Å². The zero-order valence-corrected chi connectivity index (χ0v) is 12.6. The predicted octanol–water partition coefficient (Wildman–Crippen LogP) is 0.720. The normalized spacial score (nSPS) is 18.4. The molecule has 0 unspecified atom stereocenters. The molecule has 7 heteroatoms. The molecular weight excluding hydrogens is 292 g/mol. The van der Waals surface area contributed by atoms with Gasteiger partial charge in [-0.1, -0.05) is 12.1 Å². The summed E-state index contributed by atoms with van der Waals surface area (Å²) in [5.74, 6) is 0. The van der Waals surface area contributed by atoms with Crippen LogP contribution in [0, 0.1) is 11.3 Å². The highest BCUT2D eigenvalue weighted by molar-refractivity contribution is 7.89. The summed E-state index contributed by atoms with van der Waals surface area (Å²) in [5, 5.41) is 19.5. The van der Waals surface area contributed by atoms with Crippen LogP contribution in [0.15, 0.2) is 29.2 Å². The van der Waals surface area contributed by atoms with Gasteiger partial charge in [-0.15, -0.1) is 0 Å². The SMILES string of the molecule is CN(CC1(O)CCOCC1)S(=O)(=O)c1ccccc1C#N. The Balaban J connectivity index is 2.25. The molecule has 1 aromatic rings.